The Bertz CT molecular complexity index is 715. The van der Waals surface area contributed by atoms with Gasteiger partial charge in [0.15, 0.2) is 0 Å². The molecular formula is C14H10N2S. The Kier molecular flexibility index (Phi) is 1.79. The second-order valence-corrected chi connectivity index (χ2v) is 5.16. The van der Waals surface area contributed by atoms with Crippen molar-refractivity contribution in [3.8, 4) is 0 Å². The fraction of sp³-hybridized carbons (Fsp3) is 0. The van der Waals surface area contributed by atoms with E-state index in [1.54, 1.807) is 0 Å². The van der Waals surface area contributed by atoms with Gasteiger partial charge in [0, 0.05) is 26.9 Å². The zero-order chi connectivity index (χ0) is 11.2. The highest BCUT2D eigenvalue weighted by molar-refractivity contribution is 8.00. The third-order valence-electron chi connectivity index (χ3n) is 3.05. The van der Waals surface area contributed by atoms with E-state index in [0.29, 0.717) is 0 Å². The molecule has 0 saturated carbocycles. The molecule has 0 saturated heterocycles. The third kappa shape index (κ3) is 1.29. The summed E-state index contributed by atoms with van der Waals surface area (Å²) >= 11 is 1.83. The van der Waals surface area contributed by atoms with Gasteiger partial charge in [0.05, 0.1) is 11.4 Å². The average molecular weight is 238 g/mol. The zero-order valence-electron chi connectivity index (χ0n) is 9.03. The van der Waals surface area contributed by atoms with Crippen LogP contribution in [0.2, 0.25) is 0 Å². The van der Waals surface area contributed by atoms with Crippen LogP contribution in [0.25, 0.3) is 10.9 Å². The minimum atomic E-state index is 1.19. The second-order valence-electron chi connectivity index (χ2n) is 4.10. The molecule has 3 heteroatoms. The van der Waals surface area contributed by atoms with Gasteiger partial charge in [0.2, 0.25) is 0 Å². The molecule has 1 aromatic heterocycles. The van der Waals surface area contributed by atoms with Crippen molar-refractivity contribution >= 4 is 34.0 Å². The lowest BCUT2D eigenvalue weighted by atomic mass is 10.2. The van der Waals surface area contributed by atoms with Crippen LogP contribution in [0.4, 0.5) is 11.4 Å². The van der Waals surface area contributed by atoms with E-state index in [9.17, 15) is 0 Å². The van der Waals surface area contributed by atoms with Crippen molar-refractivity contribution in [1.82, 2.24) is 4.98 Å². The van der Waals surface area contributed by atoms with E-state index in [2.05, 4.69) is 52.8 Å². The maximum absolute atomic E-state index is 3.49. The average Bonchev–Trinajstić information content (AvgIpc) is 2.85. The topological polar surface area (TPSA) is 27.8 Å². The first kappa shape index (κ1) is 9.19. The number of hydrogen-bond acceptors (Lipinski definition) is 2. The van der Waals surface area contributed by atoms with E-state index in [-0.39, 0.29) is 0 Å². The van der Waals surface area contributed by atoms with E-state index in [4.69, 9.17) is 0 Å². The molecule has 0 aliphatic carbocycles. The molecular weight excluding hydrogens is 228 g/mol. The lowest BCUT2D eigenvalue weighted by Crippen LogP contribution is -1.99. The summed E-state index contributed by atoms with van der Waals surface area (Å²) in [5.41, 5.74) is 3.58. The zero-order valence-corrected chi connectivity index (χ0v) is 9.84. The Morgan fingerprint density at radius 3 is 2.82 bits per heavy atom. The molecule has 1 aliphatic rings. The molecule has 0 bridgehead atoms. The fourth-order valence-corrected chi connectivity index (χ4v) is 3.34. The first-order chi connectivity index (χ1) is 8.42. The number of H-pyrrole nitrogens is 1. The van der Waals surface area contributed by atoms with Gasteiger partial charge in [-0.05, 0) is 30.3 Å². The molecule has 0 atom stereocenters. The van der Waals surface area contributed by atoms with Crippen molar-refractivity contribution in [3.63, 3.8) is 0 Å². The van der Waals surface area contributed by atoms with E-state index in [1.165, 1.54) is 32.1 Å². The van der Waals surface area contributed by atoms with Crippen LogP contribution in [0.5, 0.6) is 0 Å². The van der Waals surface area contributed by atoms with Crippen LogP contribution in [0.15, 0.2) is 58.5 Å². The van der Waals surface area contributed by atoms with Crippen molar-refractivity contribution in [2.75, 3.05) is 5.32 Å². The van der Waals surface area contributed by atoms with Crippen LogP contribution in [0.3, 0.4) is 0 Å². The molecule has 0 spiro atoms. The number of rotatable bonds is 0. The van der Waals surface area contributed by atoms with Crippen molar-refractivity contribution in [3.05, 3.63) is 48.7 Å². The van der Waals surface area contributed by atoms with Crippen molar-refractivity contribution in [2.24, 2.45) is 0 Å². The second kappa shape index (κ2) is 3.31. The molecule has 2 aromatic carbocycles. The van der Waals surface area contributed by atoms with Gasteiger partial charge >= 0.3 is 0 Å². The standard InChI is InChI=1S/C14H10N2S/c1-2-4-13-11(3-1)16-12-6-5-10-9(7-8-15-10)14(12)17-13/h1-8,15-16H. The molecule has 17 heavy (non-hydrogen) atoms. The largest absolute Gasteiger partial charge is 0.361 e. The number of aromatic nitrogens is 1. The van der Waals surface area contributed by atoms with Crippen molar-refractivity contribution in [1.29, 1.82) is 0 Å². The van der Waals surface area contributed by atoms with Crippen molar-refractivity contribution < 1.29 is 0 Å². The van der Waals surface area contributed by atoms with Gasteiger partial charge in [0.1, 0.15) is 0 Å². The number of aromatic amines is 1. The Hall–Kier alpha value is -1.87. The summed E-state index contributed by atoms with van der Waals surface area (Å²) in [6.07, 6.45) is 1.99. The summed E-state index contributed by atoms with van der Waals surface area (Å²) in [7, 11) is 0. The summed E-state index contributed by atoms with van der Waals surface area (Å²) in [6.45, 7) is 0. The number of fused-ring (bicyclic) bond motifs is 4. The van der Waals surface area contributed by atoms with Gasteiger partial charge in [-0.1, -0.05) is 23.9 Å². The smallest absolute Gasteiger partial charge is 0.0534 e. The molecule has 0 fully saturated rings. The Labute approximate surface area is 103 Å². The highest BCUT2D eigenvalue weighted by atomic mass is 32.2. The predicted molar refractivity (Wildman–Crippen MR) is 72.1 cm³/mol. The maximum Gasteiger partial charge on any atom is 0.0534 e. The lowest BCUT2D eigenvalue weighted by Gasteiger charge is -2.21. The Morgan fingerprint density at radius 2 is 1.82 bits per heavy atom. The molecule has 2 heterocycles. The van der Waals surface area contributed by atoms with Crippen LogP contribution in [0, 0.1) is 0 Å². The molecule has 3 aromatic rings. The monoisotopic (exact) mass is 238 g/mol. The lowest BCUT2D eigenvalue weighted by molar-refractivity contribution is 1.34. The van der Waals surface area contributed by atoms with Crippen LogP contribution >= 0.6 is 11.8 Å². The number of benzene rings is 2. The molecule has 2 nitrogen and oxygen atoms in total. The highest BCUT2D eigenvalue weighted by Gasteiger charge is 2.17. The van der Waals surface area contributed by atoms with Crippen LogP contribution in [0.1, 0.15) is 0 Å². The predicted octanol–water partition coefficient (Wildman–Crippen LogP) is 4.38. The van der Waals surface area contributed by atoms with E-state index >= 15 is 0 Å². The van der Waals surface area contributed by atoms with Gasteiger partial charge in [-0.25, -0.2) is 0 Å². The minimum absolute atomic E-state index is 1.19. The van der Waals surface area contributed by atoms with Gasteiger partial charge in [-0.2, -0.15) is 0 Å². The summed E-state index contributed by atoms with van der Waals surface area (Å²) in [5, 5.41) is 4.77. The quantitative estimate of drug-likeness (QED) is 0.476. The molecule has 82 valence electrons. The highest BCUT2D eigenvalue weighted by Crippen LogP contribution is 2.46. The first-order valence-corrected chi connectivity index (χ1v) is 6.37. The van der Waals surface area contributed by atoms with Crippen molar-refractivity contribution in [2.45, 2.75) is 9.79 Å². The van der Waals surface area contributed by atoms with Gasteiger partial charge < -0.3 is 10.3 Å². The van der Waals surface area contributed by atoms with Gasteiger partial charge in [-0.3, -0.25) is 0 Å². The van der Waals surface area contributed by atoms with Gasteiger partial charge in [-0.15, -0.1) is 0 Å². The Balaban J connectivity index is 1.98. The number of nitrogens with one attached hydrogen (secondary N) is 2. The Morgan fingerprint density at radius 1 is 0.882 bits per heavy atom. The van der Waals surface area contributed by atoms with E-state index in [1.807, 2.05) is 18.0 Å². The van der Waals surface area contributed by atoms with Crippen LogP contribution in [-0.4, -0.2) is 4.98 Å². The van der Waals surface area contributed by atoms with E-state index < -0.39 is 0 Å². The minimum Gasteiger partial charge on any atom is -0.361 e. The molecule has 0 radical (unpaired) electrons. The first-order valence-electron chi connectivity index (χ1n) is 5.56. The molecule has 1 aliphatic heterocycles. The fourth-order valence-electron chi connectivity index (χ4n) is 2.23. The molecule has 0 unspecified atom stereocenters. The molecule has 4 rings (SSSR count). The number of hydrogen-bond donors (Lipinski definition) is 2. The van der Waals surface area contributed by atoms with Crippen LogP contribution < -0.4 is 5.32 Å². The maximum atomic E-state index is 3.49. The summed E-state index contributed by atoms with van der Waals surface area (Å²) in [4.78, 5) is 5.85. The SMILES string of the molecule is c1ccc2c(c1)Nc1ccc3[nH]ccc3c1S2. The summed E-state index contributed by atoms with van der Waals surface area (Å²) < 4.78 is 0. The number of para-hydroxylation sites is 1. The normalized spacial score (nSPS) is 12.9. The van der Waals surface area contributed by atoms with E-state index in [0.717, 1.165) is 0 Å². The molecule has 0 amide bonds. The summed E-state index contributed by atoms with van der Waals surface area (Å²) in [6, 6.07) is 14.8. The van der Waals surface area contributed by atoms with Gasteiger partial charge in [0.25, 0.3) is 0 Å². The summed E-state index contributed by atoms with van der Waals surface area (Å²) in [5.74, 6) is 0. The third-order valence-corrected chi connectivity index (χ3v) is 4.27. The van der Waals surface area contributed by atoms with Crippen LogP contribution in [-0.2, 0) is 0 Å². The number of anilines is 2. The molecule has 2 N–H and O–H groups in total.